The van der Waals surface area contributed by atoms with Gasteiger partial charge >= 0.3 is 18.4 Å². The lowest BCUT2D eigenvalue weighted by Gasteiger charge is -2.15. The minimum absolute atomic E-state index is 0.00328. The molecule has 0 heterocycles. The van der Waals surface area contributed by atoms with Crippen LogP contribution in [0.1, 0.15) is 16.7 Å². The van der Waals surface area contributed by atoms with E-state index in [0.29, 0.717) is 23.6 Å². The smallest absolute Gasteiger partial charge is 0.337 e. The predicted octanol–water partition coefficient (Wildman–Crippen LogP) is 5.78. The number of hydrogen-bond acceptors (Lipinski definition) is 2. The van der Waals surface area contributed by atoms with Crippen LogP contribution < -0.4 is 10.6 Å². The Hall–Kier alpha value is -2.36. The van der Waals surface area contributed by atoms with Gasteiger partial charge in [0.05, 0.1) is 11.1 Å². The molecule has 2 N–H and O–H groups in total. The molecule has 10 heteroatoms. The molecule has 0 aliphatic heterocycles. The van der Waals surface area contributed by atoms with Crippen LogP contribution >= 0.6 is 11.8 Å². The number of rotatable bonds is 6. The minimum atomic E-state index is -4.97. The van der Waals surface area contributed by atoms with E-state index in [0.717, 1.165) is 5.56 Å². The summed E-state index contributed by atoms with van der Waals surface area (Å²) in [5.41, 5.74) is -2.47. The highest BCUT2D eigenvalue weighted by Crippen LogP contribution is 2.37. The van der Waals surface area contributed by atoms with Gasteiger partial charge < -0.3 is 10.6 Å². The summed E-state index contributed by atoms with van der Waals surface area (Å²) in [5, 5.41) is 4.42. The summed E-state index contributed by atoms with van der Waals surface area (Å²) in [6, 6.07) is 9.60. The Kier molecular flexibility index (Phi) is 7.22. The standard InChI is InChI=1S/C18H16F6N2OS/c19-17(20,21)13-8-14(18(22,23)24)10-15(9-13)26-16(27)25-6-7-28-11-12-4-2-1-3-5-12/h1-5,8-10H,6-7,11H2,(H2,25,26,27). The highest BCUT2D eigenvalue weighted by Gasteiger charge is 2.37. The van der Waals surface area contributed by atoms with E-state index in [-0.39, 0.29) is 12.6 Å². The van der Waals surface area contributed by atoms with Crippen molar-refractivity contribution in [1.29, 1.82) is 0 Å². The topological polar surface area (TPSA) is 41.1 Å². The summed E-state index contributed by atoms with van der Waals surface area (Å²) in [7, 11) is 0. The average molecular weight is 422 g/mol. The molecule has 3 nitrogen and oxygen atoms in total. The zero-order valence-corrected chi connectivity index (χ0v) is 15.1. The second kappa shape index (κ2) is 9.22. The van der Waals surface area contributed by atoms with Crippen molar-refractivity contribution in [3.63, 3.8) is 0 Å². The van der Waals surface area contributed by atoms with Gasteiger partial charge in [-0.05, 0) is 23.8 Å². The van der Waals surface area contributed by atoms with Crippen LogP contribution in [0.3, 0.4) is 0 Å². The Morgan fingerprint density at radius 1 is 0.893 bits per heavy atom. The number of urea groups is 1. The van der Waals surface area contributed by atoms with Crippen molar-refractivity contribution < 1.29 is 31.1 Å². The summed E-state index contributed by atoms with van der Waals surface area (Å²) in [6.45, 7) is 0.203. The molecule has 2 rings (SSSR count). The normalized spacial score (nSPS) is 11.9. The second-order valence-corrected chi connectivity index (χ2v) is 6.82. The van der Waals surface area contributed by atoms with E-state index in [4.69, 9.17) is 0 Å². The first-order chi connectivity index (χ1) is 13.1. The lowest BCUT2D eigenvalue weighted by molar-refractivity contribution is -0.143. The first-order valence-electron chi connectivity index (χ1n) is 8.02. The van der Waals surface area contributed by atoms with Gasteiger partial charge in [0.1, 0.15) is 0 Å². The van der Waals surface area contributed by atoms with Crippen LogP contribution in [-0.2, 0) is 18.1 Å². The van der Waals surface area contributed by atoms with Crippen LogP contribution in [-0.4, -0.2) is 18.3 Å². The van der Waals surface area contributed by atoms with Crippen LogP contribution in [0, 0.1) is 0 Å². The molecule has 152 valence electrons. The van der Waals surface area contributed by atoms with Crippen LogP contribution in [0.5, 0.6) is 0 Å². The minimum Gasteiger partial charge on any atom is -0.337 e. The number of hydrogen-bond donors (Lipinski definition) is 2. The van der Waals surface area contributed by atoms with Crippen molar-refractivity contribution in [1.82, 2.24) is 5.32 Å². The van der Waals surface area contributed by atoms with Crippen LogP contribution in [0.4, 0.5) is 36.8 Å². The van der Waals surface area contributed by atoms with Crippen LogP contribution in [0.2, 0.25) is 0 Å². The van der Waals surface area contributed by atoms with Gasteiger partial charge in [-0.25, -0.2) is 4.79 Å². The van der Waals surface area contributed by atoms with Gasteiger partial charge in [0.15, 0.2) is 0 Å². The van der Waals surface area contributed by atoms with Crippen molar-refractivity contribution in [3.05, 3.63) is 65.2 Å². The quantitative estimate of drug-likeness (QED) is 0.458. The lowest BCUT2D eigenvalue weighted by Crippen LogP contribution is -2.30. The Balaban J connectivity index is 1.90. The first-order valence-corrected chi connectivity index (χ1v) is 9.17. The van der Waals surface area contributed by atoms with Gasteiger partial charge in [-0.3, -0.25) is 0 Å². The summed E-state index contributed by atoms with van der Waals surface area (Å²) < 4.78 is 76.8. The van der Waals surface area contributed by atoms with Crippen molar-refractivity contribution >= 4 is 23.5 Å². The third-order valence-corrected chi connectivity index (χ3v) is 4.52. The Bertz CT molecular complexity index is 761. The average Bonchev–Trinajstić information content (AvgIpc) is 2.60. The molecule has 28 heavy (non-hydrogen) atoms. The zero-order chi connectivity index (χ0) is 20.8. The molecule has 0 atom stereocenters. The van der Waals surface area contributed by atoms with Gasteiger partial charge in [-0.15, -0.1) is 0 Å². The maximum absolute atomic E-state index is 12.8. The monoisotopic (exact) mass is 422 g/mol. The number of nitrogens with one attached hydrogen (secondary N) is 2. The van der Waals surface area contributed by atoms with Crippen LogP contribution in [0.25, 0.3) is 0 Å². The van der Waals surface area contributed by atoms with E-state index in [1.807, 2.05) is 35.6 Å². The van der Waals surface area contributed by atoms with E-state index in [1.54, 1.807) is 0 Å². The van der Waals surface area contributed by atoms with E-state index in [2.05, 4.69) is 5.32 Å². The maximum Gasteiger partial charge on any atom is 0.416 e. The van der Waals surface area contributed by atoms with E-state index >= 15 is 0 Å². The number of thioether (sulfide) groups is 1. The summed E-state index contributed by atoms with van der Waals surface area (Å²) in [6.07, 6.45) is -9.94. The highest BCUT2D eigenvalue weighted by molar-refractivity contribution is 7.98. The van der Waals surface area contributed by atoms with E-state index in [1.165, 1.54) is 11.8 Å². The van der Waals surface area contributed by atoms with Gasteiger partial charge in [-0.2, -0.15) is 38.1 Å². The molecule has 2 amide bonds. The van der Waals surface area contributed by atoms with Gasteiger partial charge in [-0.1, -0.05) is 30.3 Å². The number of alkyl halides is 6. The number of carbonyl (C=O) groups excluding carboxylic acids is 1. The molecule has 0 fully saturated rings. The molecule has 0 radical (unpaired) electrons. The largest absolute Gasteiger partial charge is 0.416 e. The zero-order valence-electron chi connectivity index (χ0n) is 14.3. The molecule has 0 bridgehead atoms. The number of anilines is 1. The van der Waals surface area contributed by atoms with Gasteiger partial charge in [0, 0.05) is 23.7 Å². The van der Waals surface area contributed by atoms with Crippen molar-refractivity contribution in [3.8, 4) is 0 Å². The number of benzene rings is 2. The summed E-state index contributed by atoms with van der Waals surface area (Å²) >= 11 is 1.53. The Morgan fingerprint density at radius 3 is 2.00 bits per heavy atom. The van der Waals surface area contributed by atoms with Crippen molar-refractivity contribution in [2.24, 2.45) is 0 Å². The fourth-order valence-corrected chi connectivity index (χ4v) is 3.02. The number of halogens is 6. The SMILES string of the molecule is O=C(NCCSCc1ccccc1)Nc1cc(C(F)(F)F)cc(C(F)(F)F)c1. The molecular weight excluding hydrogens is 406 g/mol. The Labute approximate surface area is 161 Å². The molecule has 0 aliphatic rings. The fraction of sp³-hybridized carbons (Fsp3) is 0.278. The third-order valence-electron chi connectivity index (χ3n) is 3.49. The van der Waals surface area contributed by atoms with Crippen molar-refractivity contribution in [2.45, 2.75) is 18.1 Å². The molecule has 2 aromatic rings. The van der Waals surface area contributed by atoms with Crippen molar-refractivity contribution in [2.75, 3.05) is 17.6 Å². The first kappa shape index (κ1) is 21.9. The third kappa shape index (κ3) is 6.99. The fourth-order valence-electron chi connectivity index (χ4n) is 2.20. The molecule has 0 aromatic heterocycles. The molecule has 0 aliphatic carbocycles. The van der Waals surface area contributed by atoms with Crippen LogP contribution in [0.15, 0.2) is 48.5 Å². The summed E-state index contributed by atoms with van der Waals surface area (Å²) in [5.74, 6) is 1.24. The second-order valence-electron chi connectivity index (χ2n) is 5.71. The molecule has 2 aromatic carbocycles. The Morgan fingerprint density at radius 2 is 1.46 bits per heavy atom. The molecule has 0 unspecified atom stereocenters. The number of carbonyl (C=O) groups is 1. The van der Waals surface area contributed by atoms with Gasteiger partial charge in [0.25, 0.3) is 0 Å². The lowest BCUT2D eigenvalue weighted by atomic mass is 10.1. The van der Waals surface area contributed by atoms with E-state index in [9.17, 15) is 31.1 Å². The predicted molar refractivity (Wildman–Crippen MR) is 96.1 cm³/mol. The summed E-state index contributed by atoms with van der Waals surface area (Å²) in [4.78, 5) is 11.8. The maximum atomic E-state index is 12.8. The van der Waals surface area contributed by atoms with E-state index < -0.39 is 35.2 Å². The molecular formula is C18H16F6N2OS. The molecule has 0 spiro atoms. The molecule has 0 saturated carbocycles. The molecule has 0 saturated heterocycles. The highest BCUT2D eigenvalue weighted by atomic mass is 32.2. The number of amides is 2. The van der Waals surface area contributed by atoms with Gasteiger partial charge in [0.2, 0.25) is 0 Å².